The van der Waals surface area contributed by atoms with Crippen molar-refractivity contribution in [2.45, 2.75) is 5.41 Å². The van der Waals surface area contributed by atoms with Gasteiger partial charge >= 0.3 is 0 Å². The molecule has 0 unspecified atom stereocenters. The number of hydrogen-bond acceptors (Lipinski definition) is 3. The minimum atomic E-state index is -0.667. The van der Waals surface area contributed by atoms with Crippen LogP contribution >= 0.6 is 0 Å². The van der Waals surface area contributed by atoms with Gasteiger partial charge in [-0.1, -0.05) is 158 Å². The number of aromatic nitrogens is 1. The second kappa shape index (κ2) is 13.9. The van der Waals surface area contributed by atoms with Crippen molar-refractivity contribution in [3.05, 3.63) is 258 Å². The van der Waals surface area contributed by atoms with Gasteiger partial charge in [0, 0.05) is 33.4 Å². The van der Waals surface area contributed by atoms with Crippen LogP contribution in [0, 0.1) is 5.41 Å². The average molecular weight is 793 g/mol. The third kappa shape index (κ3) is 5.17. The Hall–Kier alpha value is -8.21. The van der Waals surface area contributed by atoms with Crippen LogP contribution < -0.4 is 10.6 Å². The summed E-state index contributed by atoms with van der Waals surface area (Å²) in [4.78, 5) is 2.40. The minimum absolute atomic E-state index is 0.370. The summed E-state index contributed by atoms with van der Waals surface area (Å²) in [5.74, 6) is 0. The van der Waals surface area contributed by atoms with Gasteiger partial charge in [0.05, 0.1) is 33.5 Å². The monoisotopic (exact) mass is 792 g/mol. The Morgan fingerprint density at radius 3 is 1.76 bits per heavy atom. The number of rotatable bonds is 6. The van der Waals surface area contributed by atoms with Crippen LogP contribution in [0.3, 0.4) is 0 Å². The van der Waals surface area contributed by atoms with Gasteiger partial charge in [-0.25, -0.2) is 0 Å². The van der Waals surface area contributed by atoms with Crippen molar-refractivity contribution in [1.82, 2.24) is 4.57 Å². The predicted octanol–water partition coefficient (Wildman–Crippen LogP) is 14.0. The van der Waals surface area contributed by atoms with Crippen LogP contribution in [-0.2, 0) is 5.41 Å². The largest absolute Gasteiger partial charge is 0.398 e. The molecular formula is C58H40N4. The molecule has 0 radical (unpaired) electrons. The molecule has 10 aromatic rings. The Balaban J connectivity index is 1.12. The second-order valence-electron chi connectivity index (χ2n) is 16.2. The zero-order valence-corrected chi connectivity index (χ0v) is 33.8. The number of nitrogens with one attached hydrogen (secondary N) is 1. The lowest BCUT2D eigenvalue weighted by molar-refractivity contribution is 0.752. The van der Waals surface area contributed by atoms with Crippen molar-refractivity contribution in [3.63, 3.8) is 0 Å². The van der Waals surface area contributed by atoms with Crippen LogP contribution in [0.2, 0.25) is 0 Å². The van der Waals surface area contributed by atoms with Gasteiger partial charge in [0.1, 0.15) is 0 Å². The molecule has 0 bridgehead atoms. The first kappa shape index (κ1) is 35.7. The Morgan fingerprint density at radius 1 is 0.468 bits per heavy atom. The maximum absolute atomic E-state index is 9.75. The van der Waals surface area contributed by atoms with E-state index in [1.54, 1.807) is 0 Å². The second-order valence-corrected chi connectivity index (χ2v) is 16.2. The molecule has 4 nitrogen and oxygen atoms in total. The van der Waals surface area contributed by atoms with Crippen molar-refractivity contribution in [3.8, 4) is 27.9 Å². The van der Waals surface area contributed by atoms with Crippen molar-refractivity contribution in [2.75, 3.05) is 4.90 Å². The predicted molar refractivity (Wildman–Crippen MR) is 257 cm³/mol. The van der Waals surface area contributed by atoms with Gasteiger partial charge in [-0.2, -0.15) is 0 Å². The standard InChI is InChI=1S/C58H40N4/c59-51(38-17-4-1-5-18-38)37-52(60)44-24-16-27-50-57(44)46-36-39(40-32-34-54-45(35-40)43-23-10-13-28-53(43)61(54)41-19-6-2-7-20-41)31-33-47(46)58(50)48-25-11-14-29-55(48)62(42-21-8-3-9-22-42)56-30-15-12-26-49(56)58/h1-37,60H,59H2/b51-37-,60-52?. The summed E-state index contributed by atoms with van der Waals surface area (Å²) in [5, 5.41) is 12.2. The Labute approximate surface area is 360 Å². The number of hydrogen-bond donors (Lipinski definition) is 2. The molecule has 4 heteroatoms. The zero-order valence-electron chi connectivity index (χ0n) is 33.8. The number of para-hydroxylation sites is 5. The molecule has 0 fully saturated rings. The summed E-state index contributed by atoms with van der Waals surface area (Å²) in [6, 6.07) is 78.0. The molecule has 9 aromatic carbocycles. The Kier molecular flexibility index (Phi) is 8.03. The molecule has 0 atom stereocenters. The SMILES string of the molecule is N=C(/C=C(\N)c1ccccc1)c1cccc2c1-c1cc(-c3ccc4c(c3)c3ccccc3n4-c3ccccc3)ccc1C21c2ccccc2N(c2ccccc2)c2ccccc21. The van der Waals surface area contributed by atoms with Crippen molar-refractivity contribution in [2.24, 2.45) is 5.73 Å². The molecule has 2 heterocycles. The molecule has 1 aromatic heterocycles. The van der Waals surface area contributed by atoms with Crippen LogP contribution in [-0.4, -0.2) is 10.3 Å². The van der Waals surface area contributed by atoms with E-state index in [0.29, 0.717) is 11.4 Å². The Morgan fingerprint density at radius 2 is 1.03 bits per heavy atom. The summed E-state index contributed by atoms with van der Waals surface area (Å²) >= 11 is 0. The molecule has 1 aliphatic carbocycles. The average Bonchev–Trinajstić information content (AvgIpc) is 3.82. The lowest BCUT2D eigenvalue weighted by Crippen LogP contribution is -2.36. The summed E-state index contributed by atoms with van der Waals surface area (Å²) in [6.45, 7) is 0. The van der Waals surface area contributed by atoms with E-state index in [1.807, 2.05) is 36.4 Å². The van der Waals surface area contributed by atoms with E-state index >= 15 is 0 Å². The van der Waals surface area contributed by atoms with E-state index in [-0.39, 0.29) is 0 Å². The van der Waals surface area contributed by atoms with E-state index in [9.17, 15) is 5.41 Å². The molecule has 3 N–H and O–H groups in total. The fourth-order valence-corrected chi connectivity index (χ4v) is 10.4. The van der Waals surface area contributed by atoms with Gasteiger partial charge in [0.15, 0.2) is 0 Å². The summed E-state index contributed by atoms with van der Waals surface area (Å²) < 4.78 is 2.36. The van der Waals surface area contributed by atoms with E-state index < -0.39 is 5.41 Å². The highest BCUT2D eigenvalue weighted by molar-refractivity contribution is 6.16. The number of allylic oxidation sites excluding steroid dienone is 1. The van der Waals surface area contributed by atoms with E-state index in [1.165, 1.54) is 38.5 Å². The van der Waals surface area contributed by atoms with Gasteiger partial charge in [0.2, 0.25) is 0 Å². The first-order valence-electron chi connectivity index (χ1n) is 21.1. The van der Waals surface area contributed by atoms with Crippen LogP contribution in [0.5, 0.6) is 0 Å². The molecule has 0 amide bonds. The zero-order chi connectivity index (χ0) is 41.4. The van der Waals surface area contributed by atoms with E-state index in [2.05, 4.69) is 198 Å². The third-order valence-electron chi connectivity index (χ3n) is 13.0. The van der Waals surface area contributed by atoms with Crippen LogP contribution in [0.25, 0.3) is 55.4 Å². The molecule has 0 saturated heterocycles. The highest BCUT2D eigenvalue weighted by Gasteiger charge is 2.52. The summed E-state index contributed by atoms with van der Waals surface area (Å²) in [5.41, 5.74) is 24.8. The molecule has 292 valence electrons. The van der Waals surface area contributed by atoms with Gasteiger partial charge < -0.3 is 20.6 Å². The van der Waals surface area contributed by atoms with Gasteiger partial charge in [0.25, 0.3) is 0 Å². The number of anilines is 3. The summed E-state index contributed by atoms with van der Waals surface area (Å²) in [6.07, 6.45) is 1.82. The Bertz CT molecular complexity index is 3390. The molecular weight excluding hydrogens is 753 g/mol. The van der Waals surface area contributed by atoms with E-state index in [0.717, 1.165) is 61.7 Å². The number of nitrogens with two attached hydrogens (primary N) is 1. The topological polar surface area (TPSA) is 58.0 Å². The highest BCUT2D eigenvalue weighted by atomic mass is 15.2. The lowest BCUT2D eigenvalue weighted by Gasteiger charge is -2.45. The third-order valence-corrected chi connectivity index (χ3v) is 13.0. The molecule has 2 aliphatic rings. The van der Waals surface area contributed by atoms with Gasteiger partial charge in [-0.15, -0.1) is 0 Å². The van der Waals surface area contributed by atoms with Gasteiger partial charge in [-0.3, -0.25) is 0 Å². The van der Waals surface area contributed by atoms with Crippen LogP contribution in [0.1, 0.15) is 33.4 Å². The van der Waals surface area contributed by atoms with Gasteiger partial charge in [-0.05, 0) is 117 Å². The first-order valence-corrected chi connectivity index (χ1v) is 21.1. The van der Waals surface area contributed by atoms with E-state index in [4.69, 9.17) is 5.73 Å². The normalized spacial score (nSPS) is 13.5. The molecule has 12 rings (SSSR count). The molecule has 0 saturated carbocycles. The molecule has 1 aliphatic heterocycles. The van der Waals surface area contributed by atoms with Crippen LogP contribution in [0.4, 0.5) is 17.1 Å². The fraction of sp³-hybridized carbons (Fsp3) is 0.0172. The number of nitrogens with zero attached hydrogens (tertiary/aromatic N) is 2. The number of fused-ring (bicyclic) bond motifs is 12. The molecule has 62 heavy (non-hydrogen) atoms. The lowest BCUT2D eigenvalue weighted by atomic mass is 9.64. The smallest absolute Gasteiger partial charge is 0.0754 e. The van der Waals surface area contributed by atoms with Crippen molar-refractivity contribution < 1.29 is 0 Å². The van der Waals surface area contributed by atoms with Crippen LogP contribution in [0.15, 0.2) is 224 Å². The highest BCUT2D eigenvalue weighted by Crippen LogP contribution is 2.64. The maximum Gasteiger partial charge on any atom is 0.0754 e. The number of benzene rings is 9. The fourth-order valence-electron chi connectivity index (χ4n) is 10.4. The quantitative estimate of drug-likeness (QED) is 0.165. The van der Waals surface area contributed by atoms with Crippen molar-refractivity contribution in [1.29, 1.82) is 5.41 Å². The maximum atomic E-state index is 9.75. The summed E-state index contributed by atoms with van der Waals surface area (Å²) in [7, 11) is 0. The molecule has 1 spiro atoms. The first-order chi connectivity index (χ1) is 30.6. The minimum Gasteiger partial charge on any atom is -0.398 e. The van der Waals surface area contributed by atoms with Crippen molar-refractivity contribution >= 4 is 50.3 Å².